The first-order valence-corrected chi connectivity index (χ1v) is 6.18. The first kappa shape index (κ1) is 17.1. The largest absolute Gasteiger partial charge is 0.496 e. The molecule has 0 heterocycles. The Bertz CT molecular complexity index is 460. The van der Waals surface area contributed by atoms with Gasteiger partial charge < -0.3 is 9.84 Å². The number of rotatable bonds is 4. The summed E-state index contributed by atoms with van der Waals surface area (Å²) in [6.45, 7) is 6.10. The van der Waals surface area contributed by atoms with Crippen LogP contribution in [0.3, 0.4) is 0 Å². The number of aliphatic hydroxyl groups is 1. The molecule has 0 fully saturated rings. The summed E-state index contributed by atoms with van der Waals surface area (Å²) < 4.78 is 5.19. The minimum Gasteiger partial charge on any atom is -0.496 e. The van der Waals surface area contributed by atoms with Crippen molar-refractivity contribution in [1.82, 2.24) is 0 Å². The van der Waals surface area contributed by atoms with Crippen molar-refractivity contribution in [3.05, 3.63) is 29.8 Å². The minimum atomic E-state index is -0.0246. The molecule has 0 aliphatic rings. The molecule has 0 aliphatic carbocycles. The molecule has 4 heteroatoms. The molecule has 1 aromatic carbocycles. The molecule has 4 nitrogen and oxygen atoms in total. The Hall–Kier alpha value is -1.90. The van der Waals surface area contributed by atoms with Crippen LogP contribution in [-0.2, 0) is 4.79 Å². The zero-order valence-corrected chi connectivity index (χ0v) is 11.9. The van der Waals surface area contributed by atoms with Crippen molar-refractivity contribution in [2.75, 3.05) is 13.7 Å². The van der Waals surface area contributed by atoms with Crippen LogP contribution >= 0.6 is 0 Å². The van der Waals surface area contributed by atoms with Crippen molar-refractivity contribution in [3.8, 4) is 5.75 Å². The third-order valence-corrected chi connectivity index (χ3v) is 2.18. The third-order valence-electron chi connectivity index (χ3n) is 2.18. The molecule has 0 aliphatic heterocycles. The lowest BCUT2D eigenvalue weighted by Crippen LogP contribution is -1.90. The molecule has 0 aromatic heterocycles. The van der Waals surface area contributed by atoms with Gasteiger partial charge in [-0.25, -0.2) is 4.79 Å². The second kappa shape index (κ2) is 10.1. The average Bonchev–Trinajstić information content (AvgIpc) is 2.40. The van der Waals surface area contributed by atoms with E-state index >= 15 is 0 Å². The monoisotopic (exact) mass is 263 g/mol. The Balaban J connectivity index is 0.000000982. The molecule has 0 bridgehead atoms. The summed E-state index contributed by atoms with van der Waals surface area (Å²) in [6, 6.07) is 5.13. The van der Waals surface area contributed by atoms with Crippen LogP contribution in [0.1, 0.15) is 32.8 Å². The van der Waals surface area contributed by atoms with Gasteiger partial charge in [0.25, 0.3) is 0 Å². The molecular formula is C15H21NO3. The third kappa shape index (κ3) is 6.00. The molecule has 0 radical (unpaired) electrons. The van der Waals surface area contributed by atoms with E-state index in [1.165, 1.54) is 12.5 Å². The van der Waals surface area contributed by atoms with Gasteiger partial charge in [-0.05, 0) is 24.6 Å². The normalized spacial score (nSPS) is 10.1. The van der Waals surface area contributed by atoms with Crippen LogP contribution in [0.2, 0.25) is 0 Å². The number of ether oxygens (including phenoxy) is 1. The van der Waals surface area contributed by atoms with E-state index < -0.39 is 0 Å². The maximum atomic E-state index is 10.1. The Morgan fingerprint density at radius 2 is 2.11 bits per heavy atom. The van der Waals surface area contributed by atoms with Crippen molar-refractivity contribution in [1.29, 1.82) is 0 Å². The molecule has 0 unspecified atom stereocenters. The summed E-state index contributed by atoms with van der Waals surface area (Å²) in [7, 11) is 1.54. The van der Waals surface area contributed by atoms with Crippen molar-refractivity contribution in [3.63, 3.8) is 0 Å². The van der Waals surface area contributed by atoms with E-state index in [1.54, 1.807) is 31.4 Å². The maximum Gasteiger partial charge on any atom is 0.240 e. The fourth-order valence-corrected chi connectivity index (χ4v) is 1.37. The molecular weight excluding hydrogens is 242 g/mol. The van der Waals surface area contributed by atoms with Gasteiger partial charge in [0.05, 0.1) is 19.4 Å². The van der Waals surface area contributed by atoms with E-state index in [0.717, 1.165) is 11.1 Å². The van der Waals surface area contributed by atoms with E-state index in [1.807, 2.05) is 6.92 Å². The minimum absolute atomic E-state index is 0.0246. The quantitative estimate of drug-likeness (QED) is 0.668. The lowest BCUT2D eigenvalue weighted by atomic mass is 10.1. The van der Waals surface area contributed by atoms with Crippen LogP contribution in [0, 0.1) is 0 Å². The smallest absolute Gasteiger partial charge is 0.240 e. The van der Waals surface area contributed by atoms with Crippen LogP contribution in [0.15, 0.2) is 29.3 Å². The lowest BCUT2D eigenvalue weighted by molar-refractivity contribution is 0.343. The first-order valence-electron chi connectivity index (χ1n) is 6.18. The van der Waals surface area contributed by atoms with Crippen LogP contribution in [-0.4, -0.2) is 24.9 Å². The number of isocyanates is 1. The number of allylic oxidation sites excluding steroid dienone is 1. The lowest BCUT2D eigenvalue weighted by Gasteiger charge is -2.09. The van der Waals surface area contributed by atoms with Gasteiger partial charge in [0.1, 0.15) is 5.75 Å². The average molecular weight is 263 g/mol. The summed E-state index contributed by atoms with van der Waals surface area (Å²) in [5, 5.41) is 8.81. The summed E-state index contributed by atoms with van der Waals surface area (Å²) in [6.07, 6.45) is 4.41. The topological polar surface area (TPSA) is 58.9 Å². The number of hydrogen-bond acceptors (Lipinski definition) is 4. The Kier molecular flexibility index (Phi) is 9.06. The predicted molar refractivity (Wildman–Crippen MR) is 77.5 cm³/mol. The molecule has 0 saturated carbocycles. The maximum absolute atomic E-state index is 10.1. The highest BCUT2D eigenvalue weighted by Gasteiger charge is 2.05. The van der Waals surface area contributed by atoms with Gasteiger partial charge in [-0.1, -0.05) is 26.3 Å². The molecule has 1 N–H and O–H groups in total. The van der Waals surface area contributed by atoms with Crippen LogP contribution < -0.4 is 4.74 Å². The number of hydrogen-bond donors (Lipinski definition) is 1. The molecule has 1 rings (SSSR count). The van der Waals surface area contributed by atoms with E-state index in [-0.39, 0.29) is 6.61 Å². The molecule has 19 heavy (non-hydrogen) atoms. The Morgan fingerprint density at radius 1 is 1.47 bits per heavy atom. The van der Waals surface area contributed by atoms with Crippen molar-refractivity contribution in [2.45, 2.75) is 27.2 Å². The molecule has 0 amide bonds. The number of aliphatic imine (C=N–C) groups is 1. The molecule has 0 atom stereocenters. The van der Waals surface area contributed by atoms with Gasteiger partial charge in [-0.15, -0.1) is 0 Å². The van der Waals surface area contributed by atoms with Gasteiger partial charge in [-0.2, -0.15) is 4.99 Å². The SMILES string of the molecule is CCC.COc1cc(N=C=O)ccc1/C(C)=C\CO. The van der Waals surface area contributed by atoms with Crippen molar-refractivity contribution < 1.29 is 14.6 Å². The zero-order chi connectivity index (χ0) is 14.7. The summed E-state index contributed by atoms with van der Waals surface area (Å²) in [4.78, 5) is 13.6. The zero-order valence-electron chi connectivity index (χ0n) is 11.9. The number of methoxy groups -OCH3 is 1. The second-order valence-electron chi connectivity index (χ2n) is 3.86. The predicted octanol–water partition coefficient (Wildman–Crippen LogP) is 3.47. The standard InChI is InChI=1S/C12H13NO3.C3H8/c1-9(5-6-14)11-4-3-10(13-8-15)7-12(11)16-2;1-3-2/h3-5,7,14H,6H2,1-2H3;3H2,1-2H3/b9-5-;. The van der Waals surface area contributed by atoms with E-state index in [4.69, 9.17) is 9.84 Å². The fraction of sp³-hybridized carbons (Fsp3) is 0.400. The first-order chi connectivity index (χ1) is 9.14. The number of carbonyl (C=O) groups excluding carboxylic acids is 1. The molecule has 0 spiro atoms. The number of benzene rings is 1. The van der Waals surface area contributed by atoms with Crippen LogP contribution in [0.5, 0.6) is 5.75 Å². The van der Waals surface area contributed by atoms with Crippen molar-refractivity contribution >= 4 is 17.3 Å². The van der Waals surface area contributed by atoms with Crippen LogP contribution in [0.25, 0.3) is 5.57 Å². The molecule has 0 saturated heterocycles. The van der Waals surface area contributed by atoms with E-state index in [0.29, 0.717) is 11.4 Å². The highest BCUT2D eigenvalue weighted by molar-refractivity contribution is 5.71. The Morgan fingerprint density at radius 3 is 2.58 bits per heavy atom. The number of nitrogens with zero attached hydrogens (tertiary/aromatic N) is 1. The van der Waals surface area contributed by atoms with Gasteiger partial charge in [0.2, 0.25) is 6.08 Å². The Labute approximate surface area is 114 Å². The van der Waals surface area contributed by atoms with Gasteiger partial charge in [-0.3, -0.25) is 0 Å². The molecule has 104 valence electrons. The van der Waals surface area contributed by atoms with Crippen LogP contribution in [0.4, 0.5) is 5.69 Å². The fourth-order valence-electron chi connectivity index (χ4n) is 1.37. The van der Waals surface area contributed by atoms with E-state index in [9.17, 15) is 4.79 Å². The number of aliphatic hydroxyl groups excluding tert-OH is 1. The summed E-state index contributed by atoms with van der Waals surface area (Å²) in [5.41, 5.74) is 2.26. The van der Waals surface area contributed by atoms with Crippen molar-refractivity contribution in [2.24, 2.45) is 4.99 Å². The highest BCUT2D eigenvalue weighted by atomic mass is 16.5. The summed E-state index contributed by atoms with van der Waals surface area (Å²) >= 11 is 0. The van der Waals surface area contributed by atoms with E-state index in [2.05, 4.69) is 18.8 Å². The second-order valence-corrected chi connectivity index (χ2v) is 3.86. The van der Waals surface area contributed by atoms with Gasteiger partial charge >= 0.3 is 0 Å². The van der Waals surface area contributed by atoms with Gasteiger partial charge in [0.15, 0.2) is 0 Å². The summed E-state index contributed by atoms with van der Waals surface area (Å²) in [5.74, 6) is 0.610. The highest BCUT2D eigenvalue weighted by Crippen LogP contribution is 2.29. The van der Waals surface area contributed by atoms with Gasteiger partial charge in [0, 0.05) is 11.6 Å². The molecule has 1 aromatic rings.